The Morgan fingerprint density at radius 2 is 2.10 bits per heavy atom. The Kier molecular flexibility index (Phi) is 7.93. The van der Waals surface area contributed by atoms with Crippen LogP contribution in [0.4, 0.5) is 4.79 Å². The lowest BCUT2D eigenvalue weighted by molar-refractivity contribution is -0.119. The molecule has 1 rings (SSSR count). The summed E-state index contributed by atoms with van der Waals surface area (Å²) in [7, 11) is 1.21. The SMILES string of the molecule is CCCCSc1nnc(S[C@H](C)C(=O)NC(=O)OC)s1. The molecule has 0 unspecified atom stereocenters. The number of unbranched alkanes of at least 4 members (excludes halogenated alkanes) is 1. The molecule has 9 heteroatoms. The molecule has 1 N–H and O–H groups in total. The minimum absolute atomic E-state index is 0.405. The van der Waals surface area contributed by atoms with Crippen LogP contribution in [-0.4, -0.2) is 40.3 Å². The number of amides is 2. The second-order valence-electron chi connectivity index (χ2n) is 3.78. The van der Waals surface area contributed by atoms with Gasteiger partial charge in [-0.05, 0) is 13.3 Å². The summed E-state index contributed by atoms with van der Waals surface area (Å²) in [5, 5.41) is 9.79. The van der Waals surface area contributed by atoms with Gasteiger partial charge in [-0.2, -0.15) is 0 Å². The van der Waals surface area contributed by atoms with Crippen LogP contribution < -0.4 is 5.32 Å². The number of carbonyl (C=O) groups is 2. The van der Waals surface area contributed by atoms with Gasteiger partial charge in [0.15, 0.2) is 8.68 Å². The van der Waals surface area contributed by atoms with Crippen molar-refractivity contribution in [3.8, 4) is 0 Å². The fourth-order valence-electron chi connectivity index (χ4n) is 1.06. The van der Waals surface area contributed by atoms with Gasteiger partial charge in [-0.3, -0.25) is 10.1 Å². The molecule has 1 atom stereocenters. The number of nitrogens with one attached hydrogen (secondary N) is 1. The van der Waals surface area contributed by atoms with Crippen LogP contribution in [0.25, 0.3) is 0 Å². The predicted molar refractivity (Wildman–Crippen MR) is 81.4 cm³/mol. The second-order valence-corrected chi connectivity index (χ2v) is 7.68. The van der Waals surface area contributed by atoms with Crippen molar-refractivity contribution in [1.29, 1.82) is 0 Å². The standard InChI is InChI=1S/C11H17N3O3S3/c1-4-5-6-18-10-13-14-11(20-10)19-7(2)8(15)12-9(16)17-3/h7H,4-6H2,1-3H3,(H,12,15,16)/t7-/m1/s1. The molecule has 20 heavy (non-hydrogen) atoms. The largest absolute Gasteiger partial charge is 0.453 e. The molecule has 1 heterocycles. The monoisotopic (exact) mass is 335 g/mol. The lowest BCUT2D eigenvalue weighted by Gasteiger charge is -2.07. The van der Waals surface area contributed by atoms with Crippen LogP contribution in [0.15, 0.2) is 8.68 Å². The first-order chi connectivity index (χ1) is 9.56. The number of rotatable bonds is 7. The topological polar surface area (TPSA) is 81.2 Å². The average Bonchev–Trinajstić information content (AvgIpc) is 2.86. The van der Waals surface area contributed by atoms with E-state index in [9.17, 15) is 9.59 Å². The van der Waals surface area contributed by atoms with Crippen LogP contribution in [0.5, 0.6) is 0 Å². The molecule has 2 amide bonds. The Labute approximate surface area is 130 Å². The van der Waals surface area contributed by atoms with E-state index in [1.807, 2.05) is 0 Å². The number of imide groups is 1. The molecule has 6 nitrogen and oxygen atoms in total. The van der Waals surface area contributed by atoms with Crippen molar-refractivity contribution in [1.82, 2.24) is 15.5 Å². The number of hydrogen-bond acceptors (Lipinski definition) is 8. The van der Waals surface area contributed by atoms with Crippen LogP contribution in [0.2, 0.25) is 0 Å². The van der Waals surface area contributed by atoms with Gasteiger partial charge in [0.25, 0.3) is 0 Å². The lowest BCUT2D eigenvalue weighted by atomic mass is 10.4. The third-order valence-electron chi connectivity index (χ3n) is 2.17. The van der Waals surface area contributed by atoms with Crippen LogP contribution in [-0.2, 0) is 9.53 Å². The smallest absolute Gasteiger partial charge is 0.413 e. The molecule has 0 aliphatic rings. The van der Waals surface area contributed by atoms with E-state index < -0.39 is 17.3 Å². The zero-order valence-electron chi connectivity index (χ0n) is 11.5. The number of methoxy groups -OCH3 is 1. The van der Waals surface area contributed by atoms with E-state index in [4.69, 9.17) is 0 Å². The van der Waals surface area contributed by atoms with Gasteiger partial charge in [-0.15, -0.1) is 10.2 Å². The van der Waals surface area contributed by atoms with Crippen LogP contribution in [0, 0.1) is 0 Å². The molecule has 0 saturated heterocycles. The Bertz CT molecular complexity index is 453. The number of alkyl carbamates (subject to hydrolysis) is 1. The van der Waals surface area contributed by atoms with Crippen molar-refractivity contribution in [2.24, 2.45) is 0 Å². The summed E-state index contributed by atoms with van der Waals surface area (Å²) in [4.78, 5) is 22.6. The van der Waals surface area contributed by atoms with E-state index in [0.29, 0.717) is 0 Å². The van der Waals surface area contributed by atoms with Crippen molar-refractivity contribution in [2.45, 2.75) is 40.6 Å². The molecule has 0 aliphatic heterocycles. The van der Waals surface area contributed by atoms with Gasteiger partial charge >= 0.3 is 6.09 Å². The van der Waals surface area contributed by atoms with Crippen molar-refractivity contribution in [3.63, 3.8) is 0 Å². The summed E-state index contributed by atoms with van der Waals surface area (Å²) in [5.41, 5.74) is 0. The summed E-state index contributed by atoms with van der Waals surface area (Å²) in [6.07, 6.45) is 1.54. The molecule has 0 aliphatic carbocycles. The highest BCUT2D eigenvalue weighted by Gasteiger charge is 2.19. The van der Waals surface area contributed by atoms with Crippen molar-refractivity contribution in [2.75, 3.05) is 12.9 Å². The zero-order valence-corrected chi connectivity index (χ0v) is 14.0. The summed E-state index contributed by atoms with van der Waals surface area (Å²) < 4.78 is 5.99. The fourth-order valence-corrected chi connectivity index (χ4v) is 4.38. The number of nitrogens with zero attached hydrogens (tertiary/aromatic N) is 2. The van der Waals surface area contributed by atoms with Crippen LogP contribution in [0.3, 0.4) is 0 Å². The minimum Gasteiger partial charge on any atom is -0.453 e. The van der Waals surface area contributed by atoms with E-state index in [0.717, 1.165) is 27.3 Å². The first-order valence-corrected chi connectivity index (χ1v) is 8.76. The second kappa shape index (κ2) is 9.19. The Balaban J connectivity index is 2.43. The van der Waals surface area contributed by atoms with Gasteiger partial charge in [0.2, 0.25) is 5.91 Å². The maximum atomic E-state index is 11.7. The Morgan fingerprint density at radius 1 is 1.40 bits per heavy atom. The van der Waals surface area contributed by atoms with Gasteiger partial charge in [0.1, 0.15) is 0 Å². The summed E-state index contributed by atoms with van der Waals surface area (Å²) in [6, 6.07) is 0. The Hall–Kier alpha value is -0.800. The van der Waals surface area contributed by atoms with Crippen LogP contribution in [0.1, 0.15) is 26.7 Å². The number of aromatic nitrogens is 2. The normalized spacial score (nSPS) is 11.9. The highest BCUT2D eigenvalue weighted by atomic mass is 32.2. The molecule has 0 radical (unpaired) electrons. The maximum absolute atomic E-state index is 11.7. The number of carbonyl (C=O) groups excluding carboxylic acids is 2. The third kappa shape index (κ3) is 6.10. The third-order valence-corrected chi connectivity index (χ3v) is 5.50. The molecule has 0 spiro atoms. The van der Waals surface area contributed by atoms with E-state index in [1.54, 1.807) is 18.7 Å². The number of thioether (sulfide) groups is 2. The fraction of sp³-hybridized carbons (Fsp3) is 0.636. The van der Waals surface area contributed by atoms with E-state index in [-0.39, 0.29) is 0 Å². The average molecular weight is 335 g/mol. The van der Waals surface area contributed by atoms with Crippen molar-refractivity contribution >= 4 is 46.9 Å². The molecular formula is C11H17N3O3S3. The lowest BCUT2D eigenvalue weighted by Crippen LogP contribution is -2.35. The van der Waals surface area contributed by atoms with Crippen molar-refractivity contribution in [3.05, 3.63) is 0 Å². The molecular weight excluding hydrogens is 318 g/mol. The molecule has 112 valence electrons. The summed E-state index contributed by atoms with van der Waals surface area (Å²) in [6.45, 7) is 3.85. The molecule has 0 fully saturated rings. The van der Waals surface area contributed by atoms with E-state index in [2.05, 4.69) is 27.2 Å². The first kappa shape index (κ1) is 17.3. The molecule has 0 bridgehead atoms. The molecule has 0 aromatic carbocycles. The van der Waals surface area contributed by atoms with Gasteiger partial charge in [0, 0.05) is 5.75 Å². The number of ether oxygens (including phenoxy) is 1. The molecule has 0 saturated carbocycles. The quantitative estimate of drug-likeness (QED) is 0.606. The van der Waals surface area contributed by atoms with E-state index >= 15 is 0 Å². The molecule has 1 aromatic heterocycles. The van der Waals surface area contributed by atoms with Gasteiger partial charge in [0.05, 0.1) is 12.4 Å². The zero-order chi connectivity index (χ0) is 15.0. The first-order valence-electron chi connectivity index (χ1n) is 6.08. The summed E-state index contributed by atoms with van der Waals surface area (Å²) >= 11 is 4.41. The summed E-state index contributed by atoms with van der Waals surface area (Å²) in [5.74, 6) is 0.617. The van der Waals surface area contributed by atoms with E-state index in [1.165, 1.54) is 30.2 Å². The highest BCUT2D eigenvalue weighted by Crippen LogP contribution is 2.31. The Morgan fingerprint density at radius 3 is 2.75 bits per heavy atom. The predicted octanol–water partition coefficient (Wildman–Crippen LogP) is 2.79. The van der Waals surface area contributed by atoms with Gasteiger partial charge < -0.3 is 4.74 Å². The van der Waals surface area contributed by atoms with Crippen molar-refractivity contribution < 1.29 is 14.3 Å². The van der Waals surface area contributed by atoms with Gasteiger partial charge in [-0.25, -0.2) is 4.79 Å². The molecule has 1 aromatic rings. The number of hydrogen-bond donors (Lipinski definition) is 1. The van der Waals surface area contributed by atoms with Gasteiger partial charge in [-0.1, -0.05) is 48.2 Å². The van der Waals surface area contributed by atoms with Crippen LogP contribution >= 0.6 is 34.9 Å². The maximum Gasteiger partial charge on any atom is 0.413 e. The highest BCUT2D eigenvalue weighted by molar-refractivity contribution is 8.03. The minimum atomic E-state index is -0.754.